The van der Waals surface area contributed by atoms with Crippen LogP contribution < -0.4 is 10.6 Å². The first-order chi connectivity index (χ1) is 9.65. The van der Waals surface area contributed by atoms with Gasteiger partial charge < -0.3 is 10.4 Å². The van der Waals surface area contributed by atoms with Gasteiger partial charge in [-0.25, -0.2) is 19.6 Å². The van der Waals surface area contributed by atoms with Gasteiger partial charge in [-0.15, -0.1) is 0 Å². The van der Waals surface area contributed by atoms with Crippen LogP contribution in [0.15, 0.2) is 36.8 Å². The lowest BCUT2D eigenvalue weighted by atomic mass is 10.2. The van der Waals surface area contributed by atoms with E-state index in [1.807, 2.05) is 0 Å². The number of carboxylic acids is 1. The van der Waals surface area contributed by atoms with Crippen molar-refractivity contribution >= 4 is 17.9 Å². The molecule has 2 aromatic rings. The average molecular weight is 273 g/mol. The summed E-state index contributed by atoms with van der Waals surface area (Å²) < 4.78 is 0. The van der Waals surface area contributed by atoms with Crippen LogP contribution in [-0.2, 0) is 6.54 Å². The van der Waals surface area contributed by atoms with Crippen molar-refractivity contribution in [3.8, 4) is 0 Å². The summed E-state index contributed by atoms with van der Waals surface area (Å²) in [5.74, 6) is -0.868. The second-order valence-electron chi connectivity index (χ2n) is 3.72. The van der Waals surface area contributed by atoms with Crippen LogP contribution in [0.4, 0.5) is 10.7 Å². The highest BCUT2D eigenvalue weighted by Gasteiger charge is 2.06. The van der Waals surface area contributed by atoms with Gasteiger partial charge in [0, 0.05) is 18.6 Å². The van der Waals surface area contributed by atoms with Crippen LogP contribution in [0.25, 0.3) is 0 Å². The van der Waals surface area contributed by atoms with E-state index in [9.17, 15) is 9.59 Å². The first-order valence-corrected chi connectivity index (χ1v) is 5.65. The van der Waals surface area contributed by atoms with E-state index in [-0.39, 0.29) is 18.1 Å². The molecule has 0 bridgehead atoms. The lowest BCUT2D eigenvalue weighted by Gasteiger charge is -2.06. The minimum Gasteiger partial charge on any atom is -0.478 e. The van der Waals surface area contributed by atoms with Crippen molar-refractivity contribution < 1.29 is 14.7 Å². The standard InChI is InChI=1S/C12H11N5O3/c18-10(19)8-2-5-13-9(6-8)7-16-12(20)17-11-14-3-1-4-15-11/h1-6H,7H2,(H,18,19)(H2,14,15,16,17,20). The molecule has 0 unspecified atom stereocenters. The fourth-order valence-corrected chi connectivity index (χ4v) is 1.39. The minimum atomic E-state index is -1.05. The molecule has 0 aliphatic carbocycles. The van der Waals surface area contributed by atoms with Gasteiger partial charge in [-0.05, 0) is 18.2 Å². The summed E-state index contributed by atoms with van der Waals surface area (Å²) in [4.78, 5) is 34.0. The van der Waals surface area contributed by atoms with Crippen molar-refractivity contribution in [3.63, 3.8) is 0 Å². The lowest BCUT2D eigenvalue weighted by Crippen LogP contribution is -2.29. The predicted molar refractivity (Wildman–Crippen MR) is 69.1 cm³/mol. The molecule has 0 spiro atoms. The fraction of sp³-hybridized carbons (Fsp3) is 0.0833. The average Bonchev–Trinajstić information content (AvgIpc) is 2.46. The van der Waals surface area contributed by atoms with E-state index in [1.165, 1.54) is 30.7 Å². The second kappa shape index (κ2) is 6.23. The van der Waals surface area contributed by atoms with Crippen LogP contribution in [0.1, 0.15) is 16.1 Å². The first-order valence-electron chi connectivity index (χ1n) is 5.65. The smallest absolute Gasteiger partial charge is 0.335 e. The van der Waals surface area contributed by atoms with E-state index < -0.39 is 12.0 Å². The summed E-state index contributed by atoms with van der Waals surface area (Å²) in [5, 5.41) is 13.8. The monoisotopic (exact) mass is 273 g/mol. The normalized spacial score (nSPS) is 9.80. The fourth-order valence-electron chi connectivity index (χ4n) is 1.39. The molecule has 8 nitrogen and oxygen atoms in total. The van der Waals surface area contributed by atoms with Gasteiger partial charge in [-0.2, -0.15) is 0 Å². The number of aromatic carboxylic acids is 1. The second-order valence-corrected chi connectivity index (χ2v) is 3.72. The number of hydrogen-bond donors (Lipinski definition) is 3. The van der Waals surface area contributed by atoms with Crippen LogP contribution in [0.5, 0.6) is 0 Å². The number of carbonyl (C=O) groups is 2. The Morgan fingerprint density at radius 1 is 1.15 bits per heavy atom. The Morgan fingerprint density at radius 3 is 2.60 bits per heavy atom. The molecule has 0 saturated carbocycles. The van der Waals surface area contributed by atoms with E-state index in [0.29, 0.717) is 5.69 Å². The van der Waals surface area contributed by atoms with Gasteiger partial charge in [-0.3, -0.25) is 10.3 Å². The summed E-state index contributed by atoms with van der Waals surface area (Å²) in [6, 6.07) is 3.90. The van der Waals surface area contributed by atoms with Crippen LogP contribution >= 0.6 is 0 Å². The minimum absolute atomic E-state index is 0.0970. The zero-order valence-electron chi connectivity index (χ0n) is 10.3. The topological polar surface area (TPSA) is 117 Å². The zero-order chi connectivity index (χ0) is 14.4. The number of nitrogens with one attached hydrogen (secondary N) is 2. The highest BCUT2D eigenvalue weighted by atomic mass is 16.4. The summed E-state index contributed by atoms with van der Waals surface area (Å²) in [7, 11) is 0. The number of urea groups is 1. The Balaban J connectivity index is 1.90. The van der Waals surface area contributed by atoms with Crippen molar-refractivity contribution in [1.82, 2.24) is 20.3 Å². The molecule has 20 heavy (non-hydrogen) atoms. The van der Waals surface area contributed by atoms with E-state index in [0.717, 1.165) is 0 Å². The molecule has 0 saturated heterocycles. The first kappa shape index (κ1) is 13.4. The Hall–Kier alpha value is -3.03. The number of aromatic nitrogens is 3. The zero-order valence-corrected chi connectivity index (χ0v) is 10.3. The highest BCUT2D eigenvalue weighted by Crippen LogP contribution is 2.02. The third kappa shape index (κ3) is 3.73. The van der Waals surface area contributed by atoms with Crippen molar-refractivity contribution in [2.75, 3.05) is 5.32 Å². The van der Waals surface area contributed by atoms with Gasteiger partial charge in [0.1, 0.15) is 0 Å². The van der Waals surface area contributed by atoms with Crippen molar-refractivity contribution in [3.05, 3.63) is 48.0 Å². The van der Waals surface area contributed by atoms with Crippen molar-refractivity contribution in [2.24, 2.45) is 0 Å². The summed E-state index contributed by atoms with van der Waals surface area (Å²) in [6.07, 6.45) is 4.37. The Kier molecular flexibility index (Phi) is 4.17. The third-order valence-corrected chi connectivity index (χ3v) is 2.28. The SMILES string of the molecule is O=C(NCc1cc(C(=O)O)ccn1)Nc1ncccn1. The third-order valence-electron chi connectivity index (χ3n) is 2.28. The van der Waals surface area contributed by atoms with Gasteiger partial charge in [0.25, 0.3) is 0 Å². The number of hydrogen-bond acceptors (Lipinski definition) is 5. The summed E-state index contributed by atoms with van der Waals surface area (Å²) in [6.45, 7) is 0.0970. The van der Waals surface area contributed by atoms with Gasteiger partial charge >= 0.3 is 12.0 Å². The van der Waals surface area contributed by atoms with E-state index in [2.05, 4.69) is 25.6 Å². The Bertz CT molecular complexity index is 617. The number of carboxylic acid groups (broad SMARTS) is 1. The molecule has 2 rings (SSSR count). The van der Waals surface area contributed by atoms with Crippen molar-refractivity contribution in [1.29, 1.82) is 0 Å². The molecule has 2 heterocycles. The van der Waals surface area contributed by atoms with Crippen molar-refractivity contribution in [2.45, 2.75) is 6.54 Å². The van der Waals surface area contributed by atoms with E-state index >= 15 is 0 Å². The maximum absolute atomic E-state index is 11.6. The number of anilines is 1. The summed E-state index contributed by atoms with van der Waals surface area (Å²) >= 11 is 0. The molecule has 0 radical (unpaired) electrons. The highest BCUT2D eigenvalue weighted by molar-refractivity contribution is 5.88. The van der Waals surface area contributed by atoms with Gasteiger partial charge in [0.15, 0.2) is 0 Å². The molecule has 2 amide bonds. The van der Waals surface area contributed by atoms with E-state index in [1.54, 1.807) is 6.07 Å². The quantitative estimate of drug-likeness (QED) is 0.761. The molecule has 3 N–H and O–H groups in total. The number of rotatable bonds is 4. The van der Waals surface area contributed by atoms with Crippen LogP contribution in [0.3, 0.4) is 0 Å². The largest absolute Gasteiger partial charge is 0.478 e. The maximum atomic E-state index is 11.6. The molecule has 2 aromatic heterocycles. The van der Waals surface area contributed by atoms with Gasteiger partial charge in [0.2, 0.25) is 5.95 Å². The Morgan fingerprint density at radius 2 is 1.90 bits per heavy atom. The van der Waals surface area contributed by atoms with E-state index in [4.69, 9.17) is 5.11 Å². The van der Waals surface area contributed by atoms with Crippen LogP contribution in [0, 0.1) is 0 Å². The number of amides is 2. The Labute approximate surface area is 113 Å². The maximum Gasteiger partial charge on any atom is 0.335 e. The van der Waals surface area contributed by atoms with Crippen LogP contribution in [-0.4, -0.2) is 32.1 Å². The summed E-state index contributed by atoms with van der Waals surface area (Å²) in [5.41, 5.74) is 0.553. The van der Waals surface area contributed by atoms with Gasteiger partial charge in [-0.1, -0.05) is 0 Å². The predicted octanol–water partition coefficient (Wildman–Crippen LogP) is 0.891. The van der Waals surface area contributed by atoms with Gasteiger partial charge in [0.05, 0.1) is 17.8 Å². The lowest BCUT2D eigenvalue weighted by molar-refractivity contribution is 0.0696. The molecule has 102 valence electrons. The van der Waals surface area contributed by atoms with Crippen LogP contribution in [0.2, 0.25) is 0 Å². The number of carbonyl (C=O) groups excluding carboxylic acids is 1. The molecular formula is C12H11N5O3. The number of pyridine rings is 1. The molecule has 0 aliphatic heterocycles. The molecule has 0 aliphatic rings. The molecule has 8 heteroatoms. The molecular weight excluding hydrogens is 262 g/mol. The molecule has 0 atom stereocenters. The number of nitrogens with zero attached hydrogens (tertiary/aromatic N) is 3. The molecule has 0 fully saturated rings. The molecule has 0 aromatic carbocycles.